The molecule has 0 aromatic heterocycles. The minimum absolute atomic E-state index is 0.0192. The minimum Gasteiger partial charge on any atom is -0.491 e. The number of sulfonamides is 1. The molecule has 1 N–H and O–H groups in total. The quantitative estimate of drug-likeness (QED) is 0.655. The average molecular weight is 443 g/mol. The number of ether oxygens (including phenoxy) is 1. The number of rotatable bonds is 8. The second kappa shape index (κ2) is 9.45. The van der Waals surface area contributed by atoms with E-state index in [4.69, 9.17) is 16.3 Å². The topological polar surface area (TPSA) is 75.7 Å². The number of benzene rings is 2. The molecule has 2 aromatic rings. The van der Waals surface area contributed by atoms with Crippen molar-refractivity contribution >= 4 is 38.9 Å². The first-order valence-corrected chi connectivity index (χ1v) is 11.3. The van der Waals surface area contributed by atoms with E-state index in [0.717, 1.165) is 16.6 Å². The fraction of sp³-hybridized carbons (Fsp3) is 0.350. The average Bonchev–Trinajstić information content (AvgIpc) is 2.62. The van der Waals surface area contributed by atoms with Crippen LogP contribution in [0.5, 0.6) is 5.75 Å². The first-order valence-electron chi connectivity index (χ1n) is 9.05. The predicted molar refractivity (Wildman–Crippen MR) is 114 cm³/mol. The molecular formula is C20H24ClFN2O4S. The van der Waals surface area contributed by atoms with Crippen molar-refractivity contribution in [3.05, 3.63) is 53.3 Å². The lowest BCUT2D eigenvalue weighted by Crippen LogP contribution is -2.47. The summed E-state index contributed by atoms with van der Waals surface area (Å²) in [6.07, 6.45) is 1.20. The van der Waals surface area contributed by atoms with E-state index in [0.29, 0.717) is 11.4 Å². The SMILES string of the molecule is CC[C@@H](C(=O)Nc1ccc(OC(C)C)cc1)N(c1ccc(F)c(Cl)c1)S(C)(=O)=O. The lowest BCUT2D eigenvalue weighted by atomic mass is 10.1. The number of nitrogens with one attached hydrogen (secondary N) is 1. The summed E-state index contributed by atoms with van der Waals surface area (Å²) in [6, 6.07) is 9.24. The Morgan fingerprint density at radius 3 is 2.31 bits per heavy atom. The van der Waals surface area contributed by atoms with E-state index in [2.05, 4.69) is 5.32 Å². The summed E-state index contributed by atoms with van der Waals surface area (Å²) < 4.78 is 44.9. The van der Waals surface area contributed by atoms with Gasteiger partial charge in [0.25, 0.3) is 0 Å². The summed E-state index contributed by atoms with van der Waals surface area (Å²) in [4.78, 5) is 12.9. The summed E-state index contributed by atoms with van der Waals surface area (Å²) in [5.74, 6) is -0.537. The molecule has 0 aliphatic carbocycles. The molecule has 9 heteroatoms. The third-order valence-electron chi connectivity index (χ3n) is 3.98. The molecule has 0 aliphatic rings. The third-order valence-corrected chi connectivity index (χ3v) is 5.45. The van der Waals surface area contributed by atoms with Gasteiger partial charge in [0, 0.05) is 5.69 Å². The van der Waals surface area contributed by atoms with Gasteiger partial charge in [0.15, 0.2) is 0 Å². The standard InChI is InChI=1S/C20H24ClFN2O4S/c1-5-19(20(25)23-14-6-9-16(10-7-14)28-13(2)3)24(29(4,26)27)15-8-11-18(22)17(21)12-15/h6-13,19H,5H2,1-4H3,(H,23,25)/t19-/m0/s1. The van der Waals surface area contributed by atoms with E-state index in [1.807, 2.05) is 13.8 Å². The van der Waals surface area contributed by atoms with Crippen molar-refractivity contribution in [2.45, 2.75) is 39.3 Å². The minimum atomic E-state index is -3.84. The summed E-state index contributed by atoms with van der Waals surface area (Å²) in [7, 11) is -3.84. The number of amides is 1. The first kappa shape index (κ1) is 23.0. The molecule has 2 rings (SSSR count). The maximum Gasteiger partial charge on any atom is 0.248 e. The van der Waals surface area contributed by atoms with Gasteiger partial charge in [-0.25, -0.2) is 12.8 Å². The Kier molecular flexibility index (Phi) is 7.48. The first-order chi connectivity index (χ1) is 13.5. The molecule has 0 heterocycles. The molecule has 0 saturated heterocycles. The number of anilines is 2. The maximum absolute atomic E-state index is 13.5. The Morgan fingerprint density at radius 1 is 1.21 bits per heavy atom. The molecule has 0 aliphatic heterocycles. The molecule has 1 atom stereocenters. The lowest BCUT2D eigenvalue weighted by Gasteiger charge is -2.30. The zero-order valence-corrected chi connectivity index (χ0v) is 18.2. The van der Waals surface area contributed by atoms with Crippen molar-refractivity contribution < 1.29 is 22.3 Å². The molecule has 1 amide bonds. The molecule has 0 fully saturated rings. The molecule has 0 radical (unpaired) electrons. The fourth-order valence-corrected chi connectivity index (χ4v) is 4.18. The molecule has 6 nitrogen and oxygen atoms in total. The number of hydrogen-bond donors (Lipinski definition) is 1. The van der Waals surface area contributed by atoms with E-state index >= 15 is 0 Å². The van der Waals surface area contributed by atoms with Gasteiger partial charge >= 0.3 is 0 Å². The van der Waals surface area contributed by atoms with Crippen molar-refractivity contribution in [1.82, 2.24) is 0 Å². The second-order valence-electron chi connectivity index (χ2n) is 6.76. The number of carbonyl (C=O) groups excluding carboxylic acids is 1. The van der Waals surface area contributed by atoms with Gasteiger partial charge in [-0.1, -0.05) is 18.5 Å². The van der Waals surface area contributed by atoms with Crippen LogP contribution in [-0.4, -0.2) is 32.7 Å². The van der Waals surface area contributed by atoms with Crippen LogP contribution in [-0.2, 0) is 14.8 Å². The van der Waals surface area contributed by atoms with E-state index in [-0.39, 0.29) is 23.2 Å². The van der Waals surface area contributed by atoms with Gasteiger partial charge < -0.3 is 10.1 Å². The Labute approximate surface area is 175 Å². The molecule has 29 heavy (non-hydrogen) atoms. The highest BCUT2D eigenvalue weighted by molar-refractivity contribution is 7.92. The van der Waals surface area contributed by atoms with Crippen molar-refractivity contribution in [3.63, 3.8) is 0 Å². The smallest absolute Gasteiger partial charge is 0.248 e. The van der Waals surface area contributed by atoms with Gasteiger partial charge in [0.2, 0.25) is 15.9 Å². The van der Waals surface area contributed by atoms with Crippen molar-refractivity contribution in [2.24, 2.45) is 0 Å². The van der Waals surface area contributed by atoms with Crippen molar-refractivity contribution in [3.8, 4) is 5.75 Å². The number of hydrogen-bond acceptors (Lipinski definition) is 4. The molecule has 158 valence electrons. The van der Waals surface area contributed by atoms with Gasteiger partial charge in [-0.2, -0.15) is 0 Å². The molecule has 0 saturated carbocycles. The van der Waals surface area contributed by atoms with Crippen LogP contribution in [0.2, 0.25) is 5.02 Å². The maximum atomic E-state index is 13.5. The molecule has 2 aromatic carbocycles. The zero-order chi connectivity index (χ0) is 21.8. The molecular weight excluding hydrogens is 419 g/mol. The van der Waals surface area contributed by atoms with E-state index in [1.54, 1.807) is 31.2 Å². The van der Waals surface area contributed by atoms with Crippen LogP contribution in [0.4, 0.5) is 15.8 Å². The highest BCUT2D eigenvalue weighted by Gasteiger charge is 2.32. The number of carbonyl (C=O) groups is 1. The Morgan fingerprint density at radius 2 is 1.83 bits per heavy atom. The van der Waals surface area contributed by atoms with E-state index in [1.165, 1.54) is 12.1 Å². The number of halogens is 2. The van der Waals surface area contributed by atoms with Gasteiger partial charge in [-0.15, -0.1) is 0 Å². The van der Waals surface area contributed by atoms with Crippen molar-refractivity contribution in [1.29, 1.82) is 0 Å². The van der Waals surface area contributed by atoms with Crippen LogP contribution in [0.25, 0.3) is 0 Å². The van der Waals surface area contributed by atoms with Crippen LogP contribution in [0.15, 0.2) is 42.5 Å². The lowest BCUT2D eigenvalue weighted by molar-refractivity contribution is -0.117. The monoisotopic (exact) mass is 442 g/mol. The summed E-state index contributed by atoms with van der Waals surface area (Å²) in [6.45, 7) is 5.50. The van der Waals surface area contributed by atoms with Gasteiger partial charge in [-0.05, 0) is 62.7 Å². The van der Waals surface area contributed by atoms with E-state index < -0.39 is 27.8 Å². The molecule has 0 spiro atoms. The normalized spacial score (nSPS) is 12.5. The molecule has 0 bridgehead atoms. The largest absolute Gasteiger partial charge is 0.491 e. The summed E-state index contributed by atoms with van der Waals surface area (Å²) in [5.41, 5.74) is 0.608. The van der Waals surface area contributed by atoms with Gasteiger partial charge in [0.05, 0.1) is 23.1 Å². The third kappa shape index (κ3) is 6.08. The van der Waals surface area contributed by atoms with Crippen LogP contribution in [0.1, 0.15) is 27.2 Å². The van der Waals surface area contributed by atoms with Crippen LogP contribution in [0.3, 0.4) is 0 Å². The van der Waals surface area contributed by atoms with E-state index in [9.17, 15) is 17.6 Å². The summed E-state index contributed by atoms with van der Waals surface area (Å²) in [5, 5.41) is 2.48. The van der Waals surface area contributed by atoms with Crippen LogP contribution >= 0.6 is 11.6 Å². The van der Waals surface area contributed by atoms with Gasteiger partial charge in [0.1, 0.15) is 17.6 Å². The highest BCUT2D eigenvalue weighted by Crippen LogP contribution is 2.28. The van der Waals surface area contributed by atoms with Gasteiger partial charge in [-0.3, -0.25) is 9.10 Å². The van der Waals surface area contributed by atoms with Crippen LogP contribution in [0, 0.1) is 5.82 Å². The Hall–Kier alpha value is -2.32. The van der Waals surface area contributed by atoms with Crippen LogP contribution < -0.4 is 14.4 Å². The fourth-order valence-electron chi connectivity index (χ4n) is 2.80. The summed E-state index contributed by atoms with van der Waals surface area (Å²) >= 11 is 5.81. The second-order valence-corrected chi connectivity index (χ2v) is 9.03. The zero-order valence-electron chi connectivity index (χ0n) is 16.6. The highest BCUT2D eigenvalue weighted by atomic mass is 35.5. The predicted octanol–water partition coefficient (Wildman–Crippen LogP) is 4.45. The molecule has 0 unspecified atom stereocenters. The Balaban J connectivity index is 2.29. The number of nitrogens with zero attached hydrogens (tertiary/aromatic N) is 1. The van der Waals surface area contributed by atoms with Crippen molar-refractivity contribution in [2.75, 3.05) is 15.9 Å². The Bertz CT molecular complexity index is 965.